The van der Waals surface area contributed by atoms with Gasteiger partial charge in [-0.2, -0.15) is 0 Å². The Bertz CT molecular complexity index is 134. The van der Waals surface area contributed by atoms with Crippen molar-refractivity contribution in [3.8, 4) is 0 Å². The molecule has 65 valence electrons. The van der Waals surface area contributed by atoms with Gasteiger partial charge in [0.05, 0.1) is 0 Å². The molecular formula is C7H8Cl2CoO. The molecule has 11 heavy (non-hydrogen) atoms. The van der Waals surface area contributed by atoms with E-state index in [0.29, 0.717) is 0 Å². The number of allylic oxidation sites excluding steroid dienone is 4. The van der Waals surface area contributed by atoms with E-state index < -0.39 is 0 Å². The van der Waals surface area contributed by atoms with E-state index in [-0.39, 0.29) is 24.8 Å². The molecule has 0 amide bonds. The molecule has 0 bridgehead atoms. The smallest absolute Gasteiger partial charge is 0.281 e. The molecule has 1 aliphatic carbocycles. The van der Waals surface area contributed by atoms with Crippen molar-refractivity contribution in [1.82, 2.24) is 0 Å². The third kappa shape index (κ3) is 8.14. The molecule has 1 aliphatic rings. The molecule has 1 rings (SSSR count). The van der Waals surface area contributed by atoms with Gasteiger partial charge >= 0.3 is 49.7 Å². The van der Waals surface area contributed by atoms with Gasteiger partial charge in [-0.15, -0.1) is 0 Å². The van der Waals surface area contributed by atoms with Crippen molar-refractivity contribution < 1.29 is 44.3 Å². The molecule has 0 heterocycles. The minimum atomic E-state index is 0. The first kappa shape index (κ1) is 17.4. The van der Waals surface area contributed by atoms with E-state index >= 15 is 0 Å². The van der Waals surface area contributed by atoms with E-state index in [1.165, 1.54) is 25.6 Å². The topological polar surface area (TPSA) is 17.1 Å². The molecule has 0 spiro atoms. The summed E-state index contributed by atoms with van der Waals surface area (Å²) in [4.78, 5) is 7.50. The minimum Gasteiger partial charge on any atom is -1.00 e. The van der Waals surface area contributed by atoms with Crippen LogP contribution in [0.25, 0.3) is 0 Å². The summed E-state index contributed by atoms with van der Waals surface area (Å²) in [6, 6.07) is 0. The third-order valence-electron chi connectivity index (χ3n) is 0.924. The van der Waals surface area contributed by atoms with E-state index in [1.54, 1.807) is 0 Å². The standard InChI is InChI=1S/C5H5.CO.CH3.2ClH.Co/c1-2-4-5-3-1;1-2;;;;/h1-3H,4H2;;1H3;2*1H;/q;;;;;+2/p-2. The maximum atomic E-state index is 7.50. The second kappa shape index (κ2) is 12.9. The van der Waals surface area contributed by atoms with E-state index in [0.717, 1.165) is 0 Å². The van der Waals surface area contributed by atoms with Gasteiger partial charge in [-0.1, -0.05) is 0 Å². The Balaban J connectivity index is -0.000000149. The van der Waals surface area contributed by atoms with Gasteiger partial charge in [-0.25, -0.2) is 0 Å². The summed E-state index contributed by atoms with van der Waals surface area (Å²) < 4.78 is 1.52. The molecule has 0 saturated carbocycles. The van der Waals surface area contributed by atoms with Crippen molar-refractivity contribution in [3.63, 3.8) is 0 Å². The maximum absolute atomic E-state index is 7.50. The van der Waals surface area contributed by atoms with Gasteiger partial charge in [-0.3, -0.25) is 4.79 Å². The van der Waals surface area contributed by atoms with Crippen LogP contribution in [0.2, 0.25) is 5.86 Å². The van der Waals surface area contributed by atoms with Gasteiger partial charge in [0.2, 0.25) is 0 Å². The van der Waals surface area contributed by atoms with Gasteiger partial charge in [-0.05, 0) is 0 Å². The van der Waals surface area contributed by atoms with Crippen molar-refractivity contribution in [1.29, 1.82) is 0 Å². The van der Waals surface area contributed by atoms with Crippen LogP contribution in [0, 0.1) is 0 Å². The zero-order valence-corrected chi connectivity index (χ0v) is 8.49. The SMILES string of the molecule is [CH3][Co+2][C]1=CC=CC1.[C]=O.[Cl-].[Cl-]. The first-order chi connectivity index (χ1) is 4.43. The molecule has 0 saturated heterocycles. The molecule has 4 heteroatoms. The average Bonchev–Trinajstić information content (AvgIpc) is 2.43. The van der Waals surface area contributed by atoms with Gasteiger partial charge < -0.3 is 24.8 Å². The van der Waals surface area contributed by atoms with Gasteiger partial charge in [0.1, 0.15) is 0 Å². The van der Waals surface area contributed by atoms with Crippen molar-refractivity contribution in [2.24, 2.45) is 0 Å². The van der Waals surface area contributed by atoms with E-state index in [1.807, 2.05) is 0 Å². The Morgan fingerprint density at radius 3 is 2.18 bits per heavy atom. The second-order valence-corrected chi connectivity index (χ2v) is 2.57. The van der Waals surface area contributed by atoms with Crippen LogP contribution in [0.5, 0.6) is 0 Å². The summed E-state index contributed by atoms with van der Waals surface area (Å²) in [5.41, 5.74) is 0. The Labute approximate surface area is 86.1 Å². The Morgan fingerprint density at radius 1 is 1.45 bits per heavy atom. The number of carbonyl (C=O) groups excluding carboxylic acids is 1. The summed E-state index contributed by atoms with van der Waals surface area (Å²) in [5, 5.41) is 0. The number of rotatable bonds is 1. The molecule has 0 aromatic carbocycles. The van der Waals surface area contributed by atoms with E-state index in [2.05, 4.69) is 30.9 Å². The molecular weight excluding hydrogens is 230 g/mol. The summed E-state index contributed by atoms with van der Waals surface area (Å²) >= 11 is 1.45. The quantitative estimate of drug-likeness (QED) is 0.450. The van der Waals surface area contributed by atoms with Crippen LogP contribution < -0.4 is 24.8 Å². The fourth-order valence-electron chi connectivity index (χ4n) is 0.535. The average molecular weight is 238 g/mol. The van der Waals surface area contributed by atoms with Crippen molar-refractivity contribution in [3.05, 3.63) is 22.7 Å². The molecule has 1 nitrogen and oxygen atoms in total. The zero-order chi connectivity index (χ0) is 7.11. The van der Waals surface area contributed by atoms with Gasteiger partial charge in [0.25, 0.3) is 6.79 Å². The fourth-order valence-corrected chi connectivity index (χ4v) is 1.14. The van der Waals surface area contributed by atoms with Crippen LogP contribution in [0.1, 0.15) is 6.42 Å². The summed E-state index contributed by atoms with van der Waals surface area (Å²) in [6.45, 7) is 4.50. The molecule has 0 unspecified atom stereocenters. The normalized spacial score (nSPS) is 11.5. The van der Waals surface area contributed by atoms with Crippen LogP contribution in [0.15, 0.2) is 22.7 Å². The largest absolute Gasteiger partial charge is 1.00 e. The molecule has 0 aromatic heterocycles. The second-order valence-electron chi connectivity index (χ2n) is 1.38. The summed E-state index contributed by atoms with van der Waals surface area (Å²) in [6.07, 6.45) is 7.66. The van der Waals surface area contributed by atoms with Crippen molar-refractivity contribution in [2.45, 2.75) is 12.3 Å². The molecule has 0 N–H and O–H groups in total. The number of hydrogen-bond donors (Lipinski definition) is 0. The van der Waals surface area contributed by atoms with Crippen LogP contribution in [0.4, 0.5) is 0 Å². The van der Waals surface area contributed by atoms with Crippen LogP contribution in [0.3, 0.4) is 0 Å². The van der Waals surface area contributed by atoms with Gasteiger partial charge in [0, 0.05) is 0 Å². The van der Waals surface area contributed by atoms with Crippen LogP contribution >= 0.6 is 0 Å². The maximum Gasteiger partial charge on any atom is 0.281 e. The van der Waals surface area contributed by atoms with Crippen molar-refractivity contribution in [2.75, 3.05) is 0 Å². The monoisotopic (exact) mass is 237 g/mol. The summed E-state index contributed by atoms with van der Waals surface area (Å²) in [5.74, 6) is 2.16. The first-order valence-corrected chi connectivity index (χ1v) is 3.98. The predicted molar refractivity (Wildman–Crippen MR) is 33.4 cm³/mol. The van der Waals surface area contributed by atoms with Gasteiger partial charge in [0.15, 0.2) is 0 Å². The molecule has 0 aromatic rings. The Kier molecular flexibility index (Phi) is 20.3. The Hall–Kier alpha value is 0.236. The summed E-state index contributed by atoms with van der Waals surface area (Å²) in [7, 11) is 0. The van der Waals surface area contributed by atoms with Crippen molar-refractivity contribution >= 4 is 6.79 Å². The van der Waals surface area contributed by atoms with Crippen LogP contribution in [-0.2, 0) is 19.5 Å². The molecule has 0 atom stereocenters. The molecule has 0 fully saturated rings. The zero-order valence-electron chi connectivity index (χ0n) is 5.94. The Morgan fingerprint density at radius 2 is 2.00 bits per heavy atom. The molecule has 0 aliphatic heterocycles. The fraction of sp³-hybridized carbons (Fsp3) is 0.286. The first-order valence-electron chi connectivity index (χ1n) is 2.42. The van der Waals surface area contributed by atoms with Crippen LogP contribution in [-0.4, -0.2) is 6.79 Å². The number of hydrogen-bond acceptors (Lipinski definition) is 1. The number of halogens is 2. The predicted octanol–water partition coefficient (Wildman–Crippen LogP) is -4.43. The minimum absolute atomic E-state index is 0. The van der Waals surface area contributed by atoms with E-state index in [4.69, 9.17) is 4.79 Å². The molecule has 2 radical (unpaired) electrons. The van der Waals surface area contributed by atoms with E-state index in [9.17, 15) is 0 Å². The third-order valence-corrected chi connectivity index (χ3v) is 1.98.